The Balaban J connectivity index is 2.25. The Labute approximate surface area is 98.4 Å². The van der Waals surface area contributed by atoms with Crippen LogP contribution in [-0.4, -0.2) is 25.0 Å². The summed E-state index contributed by atoms with van der Waals surface area (Å²) >= 11 is 0. The molecule has 2 N–H and O–H groups in total. The summed E-state index contributed by atoms with van der Waals surface area (Å²) in [4.78, 5) is 11.8. The Kier molecular flexibility index (Phi) is 5.95. The average Bonchev–Trinajstić information content (AvgIpc) is 2.29. The number of hydrogen-bond donors (Lipinski definition) is 2. The zero-order valence-electron chi connectivity index (χ0n) is 10.1. The minimum Gasteiger partial charge on any atom is -0.352 e. The highest BCUT2D eigenvalue weighted by Crippen LogP contribution is 2.15. The molecule has 0 radical (unpaired) electrons. The second kappa shape index (κ2) is 7.29. The quantitative estimate of drug-likeness (QED) is 0.688. The van der Waals surface area contributed by atoms with Gasteiger partial charge in [0.2, 0.25) is 5.91 Å². The van der Waals surface area contributed by atoms with E-state index in [1.54, 1.807) is 0 Å². The van der Waals surface area contributed by atoms with Crippen LogP contribution >= 0.6 is 0 Å². The molecule has 1 fully saturated rings. The molecule has 1 amide bonds. The summed E-state index contributed by atoms with van der Waals surface area (Å²) < 4.78 is 0. The fourth-order valence-corrected chi connectivity index (χ4v) is 2.07. The number of hydrogen-bond acceptors (Lipinski definition) is 2. The SMILES string of the molecule is C#CCC(CC)NC(=O)CC1CCNCC1. The Hall–Kier alpha value is -1.01. The first-order valence-electron chi connectivity index (χ1n) is 6.19. The van der Waals surface area contributed by atoms with E-state index >= 15 is 0 Å². The van der Waals surface area contributed by atoms with Crippen molar-refractivity contribution in [3.63, 3.8) is 0 Å². The number of carbonyl (C=O) groups is 1. The molecular formula is C13H22N2O. The van der Waals surface area contributed by atoms with Gasteiger partial charge in [0.25, 0.3) is 0 Å². The summed E-state index contributed by atoms with van der Waals surface area (Å²) in [6.07, 6.45) is 9.67. The van der Waals surface area contributed by atoms with Gasteiger partial charge in [-0.2, -0.15) is 0 Å². The van der Waals surface area contributed by atoms with Crippen LogP contribution in [0.1, 0.15) is 39.0 Å². The molecule has 0 saturated carbocycles. The summed E-state index contributed by atoms with van der Waals surface area (Å²) in [7, 11) is 0. The maximum atomic E-state index is 11.8. The van der Waals surface area contributed by atoms with Crippen LogP contribution in [0.15, 0.2) is 0 Å². The van der Waals surface area contributed by atoms with E-state index in [-0.39, 0.29) is 11.9 Å². The highest BCUT2D eigenvalue weighted by Gasteiger charge is 2.18. The van der Waals surface area contributed by atoms with E-state index in [4.69, 9.17) is 6.42 Å². The van der Waals surface area contributed by atoms with Gasteiger partial charge >= 0.3 is 0 Å². The standard InChI is InChI=1S/C13H22N2O/c1-3-5-12(4-2)15-13(16)10-11-6-8-14-9-7-11/h1,11-12,14H,4-10H2,2H3,(H,15,16). The van der Waals surface area contributed by atoms with Crippen molar-refractivity contribution in [1.82, 2.24) is 10.6 Å². The first-order chi connectivity index (χ1) is 7.76. The Bertz CT molecular complexity index is 251. The molecule has 1 unspecified atom stereocenters. The van der Waals surface area contributed by atoms with Crippen molar-refractivity contribution >= 4 is 5.91 Å². The molecule has 3 heteroatoms. The number of piperidine rings is 1. The summed E-state index contributed by atoms with van der Waals surface area (Å²) in [6, 6.07) is 0.152. The smallest absolute Gasteiger partial charge is 0.220 e. The molecular weight excluding hydrogens is 200 g/mol. The summed E-state index contributed by atoms with van der Waals surface area (Å²) in [5.74, 6) is 3.31. The van der Waals surface area contributed by atoms with Crippen LogP contribution in [0, 0.1) is 18.3 Å². The zero-order valence-corrected chi connectivity index (χ0v) is 10.1. The van der Waals surface area contributed by atoms with Crippen molar-refractivity contribution in [3.05, 3.63) is 0 Å². The van der Waals surface area contributed by atoms with Gasteiger partial charge in [-0.1, -0.05) is 6.92 Å². The van der Waals surface area contributed by atoms with Gasteiger partial charge in [-0.15, -0.1) is 12.3 Å². The largest absolute Gasteiger partial charge is 0.352 e. The van der Waals surface area contributed by atoms with Crippen LogP contribution in [0.25, 0.3) is 0 Å². The molecule has 0 aromatic carbocycles. The van der Waals surface area contributed by atoms with E-state index in [1.165, 1.54) is 0 Å². The summed E-state index contributed by atoms with van der Waals surface area (Å²) in [5.41, 5.74) is 0. The van der Waals surface area contributed by atoms with Crippen LogP contribution in [0.4, 0.5) is 0 Å². The maximum absolute atomic E-state index is 11.8. The lowest BCUT2D eigenvalue weighted by atomic mass is 9.94. The lowest BCUT2D eigenvalue weighted by Gasteiger charge is -2.23. The van der Waals surface area contributed by atoms with Crippen molar-refractivity contribution in [1.29, 1.82) is 0 Å². The van der Waals surface area contributed by atoms with Crippen molar-refractivity contribution in [3.8, 4) is 12.3 Å². The van der Waals surface area contributed by atoms with E-state index in [9.17, 15) is 4.79 Å². The maximum Gasteiger partial charge on any atom is 0.220 e. The van der Waals surface area contributed by atoms with Gasteiger partial charge < -0.3 is 10.6 Å². The number of terminal acetylenes is 1. The Morgan fingerprint density at radius 2 is 2.25 bits per heavy atom. The van der Waals surface area contributed by atoms with E-state index in [2.05, 4.69) is 16.6 Å². The fraction of sp³-hybridized carbons (Fsp3) is 0.769. The molecule has 1 heterocycles. The summed E-state index contributed by atoms with van der Waals surface area (Å²) in [6.45, 7) is 4.13. The topological polar surface area (TPSA) is 41.1 Å². The number of amides is 1. The van der Waals surface area contributed by atoms with Crippen LogP contribution in [0.5, 0.6) is 0 Å². The Morgan fingerprint density at radius 1 is 1.56 bits per heavy atom. The van der Waals surface area contributed by atoms with Crippen LogP contribution in [0.3, 0.4) is 0 Å². The van der Waals surface area contributed by atoms with Gasteiger partial charge in [0.1, 0.15) is 0 Å². The second-order valence-electron chi connectivity index (χ2n) is 4.48. The molecule has 0 bridgehead atoms. The predicted molar refractivity (Wildman–Crippen MR) is 65.9 cm³/mol. The molecule has 90 valence electrons. The van der Waals surface area contributed by atoms with Gasteiger partial charge in [0.05, 0.1) is 0 Å². The van der Waals surface area contributed by atoms with Crippen molar-refractivity contribution in [2.45, 2.75) is 45.1 Å². The third-order valence-electron chi connectivity index (χ3n) is 3.15. The van der Waals surface area contributed by atoms with Crippen molar-refractivity contribution in [2.24, 2.45) is 5.92 Å². The molecule has 1 rings (SSSR count). The molecule has 1 atom stereocenters. The van der Waals surface area contributed by atoms with Crippen LogP contribution < -0.4 is 10.6 Å². The molecule has 1 aliphatic rings. The monoisotopic (exact) mass is 222 g/mol. The third kappa shape index (κ3) is 4.67. The molecule has 1 aliphatic heterocycles. The van der Waals surface area contributed by atoms with E-state index in [0.717, 1.165) is 32.4 Å². The lowest BCUT2D eigenvalue weighted by molar-refractivity contribution is -0.122. The van der Waals surface area contributed by atoms with E-state index in [1.807, 2.05) is 6.92 Å². The number of carbonyl (C=O) groups excluding carboxylic acids is 1. The normalized spacial score (nSPS) is 18.8. The van der Waals surface area contributed by atoms with Crippen molar-refractivity contribution < 1.29 is 4.79 Å². The van der Waals surface area contributed by atoms with Gasteiger partial charge in [0, 0.05) is 18.9 Å². The minimum absolute atomic E-state index is 0.152. The highest BCUT2D eigenvalue weighted by molar-refractivity contribution is 5.76. The lowest BCUT2D eigenvalue weighted by Crippen LogP contribution is -2.37. The predicted octanol–water partition coefficient (Wildman–Crippen LogP) is 1.29. The Morgan fingerprint density at radius 3 is 2.81 bits per heavy atom. The molecule has 16 heavy (non-hydrogen) atoms. The molecule has 0 aromatic heterocycles. The first kappa shape index (κ1) is 13.1. The number of nitrogens with one attached hydrogen (secondary N) is 2. The molecule has 3 nitrogen and oxygen atoms in total. The molecule has 0 aliphatic carbocycles. The van der Waals surface area contributed by atoms with Crippen LogP contribution in [-0.2, 0) is 4.79 Å². The van der Waals surface area contributed by atoms with Gasteiger partial charge in [0.15, 0.2) is 0 Å². The summed E-state index contributed by atoms with van der Waals surface area (Å²) in [5, 5.41) is 6.32. The number of rotatable bonds is 5. The van der Waals surface area contributed by atoms with Gasteiger partial charge in [-0.3, -0.25) is 4.79 Å². The zero-order chi connectivity index (χ0) is 11.8. The first-order valence-corrected chi connectivity index (χ1v) is 6.19. The van der Waals surface area contributed by atoms with Crippen molar-refractivity contribution in [2.75, 3.05) is 13.1 Å². The average molecular weight is 222 g/mol. The highest BCUT2D eigenvalue weighted by atomic mass is 16.1. The second-order valence-corrected chi connectivity index (χ2v) is 4.48. The van der Waals surface area contributed by atoms with E-state index in [0.29, 0.717) is 18.8 Å². The molecule has 0 aromatic rings. The van der Waals surface area contributed by atoms with E-state index < -0.39 is 0 Å². The fourth-order valence-electron chi connectivity index (χ4n) is 2.07. The minimum atomic E-state index is 0.152. The van der Waals surface area contributed by atoms with Gasteiger partial charge in [-0.05, 0) is 38.3 Å². The van der Waals surface area contributed by atoms with Crippen LogP contribution in [0.2, 0.25) is 0 Å². The molecule has 1 saturated heterocycles. The third-order valence-corrected chi connectivity index (χ3v) is 3.15. The molecule has 0 spiro atoms. The van der Waals surface area contributed by atoms with Gasteiger partial charge in [-0.25, -0.2) is 0 Å².